The molecule has 0 aromatic heterocycles. The summed E-state index contributed by atoms with van der Waals surface area (Å²) in [5.41, 5.74) is 0. The molecule has 0 amide bonds. The molecule has 0 spiro atoms. The maximum absolute atomic E-state index is 11.7. The fraction of sp³-hybridized carbons (Fsp3) is 0.857. The van der Waals surface area contributed by atoms with Gasteiger partial charge in [-0.2, -0.15) is 0 Å². The van der Waals surface area contributed by atoms with Gasteiger partial charge in [0.1, 0.15) is 11.6 Å². The van der Waals surface area contributed by atoms with Crippen LogP contribution < -0.4 is 0 Å². The molecule has 0 radical (unpaired) electrons. The molecule has 2 aliphatic rings. The minimum atomic E-state index is 0.281. The predicted molar refractivity (Wildman–Crippen MR) is 63.2 cm³/mol. The van der Waals surface area contributed by atoms with Crippen LogP contribution in [0.3, 0.4) is 0 Å². The lowest BCUT2D eigenvalue weighted by molar-refractivity contribution is -0.127. The van der Waals surface area contributed by atoms with E-state index in [-0.39, 0.29) is 11.8 Å². The Labute approximate surface area is 97.8 Å². The third-order valence-corrected chi connectivity index (χ3v) is 4.23. The summed E-state index contributed by atoms with van der Waals surface area (Å²) in [5, 5.41) is 0. The van der Waals surface area contributed by atoms with Crippen LogP contribution in [-0.4, -0.2) is 11.6 Å². The molecular formula is C14H22O2. The molecule has 2 rings (SSSR count). The molecule has 0 heterocycles. The Morgan fingerprint density at radius 2 is 1.19 bits per heavy atom. The van der Waals surface area contributed by atoms with E-state index in [0.29, 0.717) is 11.6 Å². The highest BCUT2D eigenvalue weighted by molar-refractivity contribution is 5.82. The number of carbonyl (C=O) groups is 2. The van der Waals surface area contributed by atoms with Crippen molar-refractivity contribution in [2.75, 3.05) is 0 Å². The third kappa shape index (κ3) is 2.93. The second-order valence-corrected chi connectivity index (χ2v) is 5.40. The van der Waals surface area contributed by atoms with E-state index >= 15 is 0 Å². The van der Waals surface area contributed by atoms with Gasteiger partial charge in [0, 0.05) is 24.7 Å². The van der Waals surface area contributed by atoms with Gasteiger partial charge in [-0.3, -0.25) is 9.59 Å². The minimum absolute atomic E-state index is 0.281. The summed E-state index contributed by atoms with van der Waals surface area (Å²) in [6.07, 6.45) is 10.2. The molecular weight excluding hydrogens is 200 g/mol. The highest BCUT2D eigenvalue weighted by Gasteiger charge is 2.26. The summed E-state index contributed by atoms with van der Waals surface area (Å²) >= 11 is 0. The average Bonchev–Trinajstić information content (AvgIpc) is 2.30. The van der Waals surface area contributed by atoms with Crippen molar-refractivity contribution in [1.29, 1.82) is 0 Å². The van der Waals surface area contributed by atoms with Gasteiger partial charge in [-0.25, -0.2) is 0 Å². The molecule has 0 N–H and O–H groups in total. The van der Waals surface area contributed by atoms with Crippen molar-refractivity contribution in [3.63, 3.8) is 0 Å². The van der Waals surface area contributed by atoms with E-state index in [9.17, 15) is 9.59 Å². The molecule has 0 aliphatic heterocycles. The number of hydrogen-bond acceptors (Lipinski definition) is 2. The topological polar surface area (TPSA) is 34.1 Å². The van der Waals surface area contributed by atoms with E-state index in [1.807, 2.05) is 0 Å². The fourth-order valence-electron chi connectivity index (χ4n) is 3.12. The first-order chi connectivity index (χ1) is 7.77. The number of rotatable bonds is 3. The summed E-state index contributed by atoms with van der Waals surface area (Å²) in [5.74, 6) is 1.47. The van der Waals surface area contributed by atoms with E-state index in [1.54, 1.807) is 0 Å². The van der Waals surface area contributed by atoms with E-state index in [1.165, 1.54) is 12.8 Å². The maximum atomic E-state index is 11.7. The lowest BCUT2D eigenvalue weighted by Crippen LogP contribution is -2.23. The molecule has 0 aromatic carbocycles. The zero-order valence-electron chi connectivity index (χ0n) is 10.0. The largest absolute Gasteiger partial charge is 0.299 e. The monoisotopic (exact) mass is 222 g/mol. The SMILES string of the molecule is O=C1CCCCC1CCC1CCCCC1=O. The minimum Gasteiger partial charge on any atom is -0.299 e. The van der Waals surface area contributed by atoms with Crippen molar-refractivity contribution in [3.8, 4) is 0 Å². The molecule has 2 fully saturated rings. The summed E-state index contributed by atoms with van der Waals surface area (Å²) in [6, 6.07) is 0. The van der Waals surface area contributed by atoms with Crippen LogP contribution in [0, 0.1) is 11.8 Å². The van der Waals surface area contributed by atoms with Crippen molar-refractivity contribution in [1.82, 2.24) is 0 Å². The summed E-state index contributed by atoms with van der Waals surface area (Å²) in [4.78, 5) is 23.3. The lowest BCUT2D eigenvalue weighted by Gasteiger charge is -2.24. The molecule has 2 aliphatic carbocycles. The molecule has 2 atom stereocenters. The van der Waals surface area contributed by atoms with Gasteiger partial charge in [0.05, 0.1) is 0 Å². The summed E-state index contributed by atoms with van der Waals surface area (Å²) in [6.45, 7) is 0. The Kier molecular flexibility index (Phi) is 4.14. The Hall–Kier alpha value is -0.660. The van der Waals surface area contributed by atoms with Crippen LogP contribution in [0.1, 0.15) is 64.2 Å². The Morgan fingerprint density at radius 3 is 1.56 bits per heavy atom. The first kappa shape index (κ1) is 11.8. The Morgan fingerprint density at radius 1 is 0.750 bits per heavy atom. The van der Waals surface area contributed by atoms with Crippen LogP contribution in [-0.2, 0) is 9.59 Å². The van der Waals surface area contributed by atoms with Gasteiger partial charge in [-0.15, -0.1) is 0 Å². The third-order valence-electron chi connectivity index (χ3n) is 4.23. The zero-order valence-corrected chi connectivity index (χ0v) is 10.0. The lowest BCUT2D eigenvalue weighted by atomic mass is 9.79. The van der Waals surface area contributed by atoms with Crippen LogP contribution in [0.2, 0.25) is 0 Å². The van der Waals surface area contributed by atoms with Crippen molar-refractivity contribution in [2.24, 2.45) is 11.8 Å². The zero-order chi connectivity index (χ0) is 11.4. The molecule has 2 saturated carbocycles. The maximum Gasteiger partial charge on any atom is 0.135 e. The van der Waals surface area contributed by atoms with Gasteiger partial charge in [-0.1, -0.05) is 12.8 Å². The highest BCUT2D eigenvalue weighted by Crippen LogP contribution is 2.30. The number of carbonyl (C=O) groups excluding carboxylic acids is 2. The van der Waals surface area contributed by atoms with Crippen LogP contribution in [0.15, 0.2) is 0 Å². The normalized spacial score (nSPS) is 31.8. The van der Waals surface area contributed by atoms with Gasteiger partial charge >= 0.3 is 0 Å². The fourth-order valence-corrected chi connectivity index (χ4v) is 3.12. The number of hydrogen-bond donors (Lipinski definition) is 0. The molecule has 90 valence electrons. The number of ketones is 2. The smallest absolute Gasteiger partial charge is 0.135 e. The van der Waals surface area contributed by atoms with E-state index in [0.717, 1.165) is 51.4 Å². The molecule has 0 aromatic rings. The van der Waals surface area contributed by atoms with Crippen LogP contribution in [0.25, 0.3) is 0 Å². The van der Waals surface area contributed by atoms with E-state index in [2.05, 4.69) is 0 Å². The molecule has 0 saturated heterocycles. The van der Waals surface area contributed by atoms with Gasteiger partial charge in [0.15, 0.2) is 0 Å². The Balaban J connectivity index is 1.77. The van der Waals surface area contributed by atoms with Crippen molar-refractivity contribution in [2.45, 2.75) is 64.2 Å². The van der Waals surface area contributed by atoms with E-state index in [4.69, 9.17) is 0 Å². The predicted octanol–water partition coefficient (Wildman–Crippen LogP) is 3.29. The first-order valence-electron chi connectivity index (χ1n) is 6.83. The van der Waals surface area contributed by atoms with Crippen molar-refractivity contribution >= 4 is 11.6 Å². The summed E-state index contributed by atoms with van der Waals surface area (Å²) < 4.78 is 0. The van der Waals surface area contributed by atoms with E-state index < -0.39 is 0 Å². The molecule has 0 bridgehead atoms. The van der Waals surface area contributed by atoms with Gasteiger partial charge < -0.3 is 0 Å². The molecule has 16 heavy (non-hydrogen) atoms. The number of Topliss-reactive ketones (excluding diaryl/α,β-unsaturated/α-hetero) is 2. The standard InChI is InChI=1S/C14H22O2/c15-13-7-3-1-5-11(13)9-10-12-6-2-4-8-14(12)16/h11-12H,1-10H2. The van der Waals surface area contributed by atoms with Crippen molar-refractivity contribution in [3.05, 3.63) is 0 Å². The quantitative estimate of drug-likeness (QED) is 0.734. The molecule has 2 nitrogen and oxygen atoms in total. The summed E-state index contributed by atoms with van der Waals surface area (Å²) in [7, 11) is 0. The molecule has 2 unspecified atom stereocenters. The van der Waals surface area contributed by atoms with Crippen LogP contribution >= 0.6 is 0 Å². The van der Waals surface area contributed by atoms with Gasteiger partial charge in [0.2, 0.25) is 0 Å². The second-order valence-electron chi connectivity index (χ2n) is 5.40. The van der Waals surface area contributed by atoms with Crippen LogP contribution in [0.5, 0.6) is 0 Å². The Bertz CT molecular complexity index is 242. The van der Waals surface area contributed by atoms with Gasteiger partial charge in [-0.05, 0) is 38.5 Å². The molecule has 2 heteroatoms. The van der Waals surface area contributed by atoms with Crippen LogP contribution in [0.4, 0.5) is 0 Å². The first-order valence-corrected chi connectivity index (χ1v) is 6.83. The highest BCUT2D eigenvalue weighted by atomic mass is 16.1. The van der Waals surface area contributed by atoms with Crippen molar-refractivity contribution < 1.29 is 9.59 Å². The average molecular weight is 222 g/mol. The van der Waals surface area contributed by atoms with Gasteiger partial charge in [0.25, 0.3) is 0 Å². The second kappa shape index (κ2) is 5.60.